The fraction of sp³-hybridized carbons (Fsp3) is 0.357. The van der Waals surface area contributed by atoms with Crippen molar-refractivity contribution >= 4 is 22.4 Å². The molecule has 2 heterocycles. The highest BCUT2D eigenvalue weighted by Gasteiger charge is 2.25. The highest BCUT2D eigenvalue weighted by molar-refractivity contribution is 6.10. The van der Waals surface area contributed by atoms with Gasteiger partial charge in [-0.3, -0.25) is 14.9 Å². The number of ketones is 1. The fourth-order valence-electron chi connectivity index (χ4n) is 2.79. The van der Waals surface area contributed by atoms with E-state index in [1.165, 1.54) is 6.07 Å². The number of Topliss-reactive ketones (excluding diaryl/α,β-unsaturated/α-hetero) is 1. The number of rotatable bonds is 3. The second-order valence-electron chi connectivity index (χ2n) is 5.07. The molecular formula is C14H15N3O3. The van der Waals surface area contributed by atoms with Gasteiger partial charge in [0, 0.05) is 35.7 Å². The minimum Gasteiger partial charge on any atom is -0.355 e. The van der Waals surface area contributed by atoms with Gasteiger partial charge < -0.3 is 10.3 Å². The van der Waals surface area contributed by atoms with E-state index in [0.717, 1.165) is 19.4 Å². The molecule has 0 spiro atoms. The number of carbonyl (C=O) groups excluding carboxylic acids is 1. The average molecular weight is 273 g/mol. The summed E-state index contributed by atoms with van der Waals surface area (Å²) >= 11 is 0. The number of non-ortho nitro benzene ring substituents is 1. The van der Waals surface area contributed by atoms with Gasteiger partial charge in [-0.1, -0.05) is 12.1 Å². The monoisotopic (exact) mass is 273 g/mol. The highest BCUT2D eigenvalue weighted by Crippen LogP contribution is 2.29. The number of nitrogens with one attached hydrogen (secondary N) is 2. The van der Waals surface area contributed by atoms with Crippen molar-refractivity contribution in [3.8, 4) is 0 Å². The summed E-state index contributed by atoms with van der Waals surface area (Å²) in [6.45, 7) is 1.63. The van der Waals surface area contributed by atoms with Crippen LogP contribution in [0.3, 0.4) is 0 Å². The molecule has 104 valence electrons. The van der Waals surface area contributed by atoms with Crippen LogP contribution in [-0.4, -0.2) is 28.8 Å². The number of hydrogen-bond acceptors (Lipinski definition) is 4. The molecule has 6 heteroatoms. The molecule has 1 fully saturated rings. The third-order valence-corrected chi connectivity index (χ3v) is 3.82. The van der Waals surface area contributed by atoms with Gasteiger partial charge in [-0.15, -0.1) is 0 Å². The van der Waals surface area contributed by atoms with Gasteiger partial charge in [-0.25, -0.2) is 0 Å². The molecule has 20 heavy (non-hydrogen) atoms. The van der Waals surface area contributed by atoms with Crippen molar-refractivity contribution in [2.24, 2.45) is 5.92 Å². The molecule has 1 aromatic carbocycles. The van der Waals surface area contributed by atoms with Crippen molar-refractivity contribution < 1.29 is 9.72 Å². The predicted octanol–water partition coefficient (Wildman–Crippen LogP) is 2.26. The molecule has 1 aliphatic heterocycles. The second-order valence-corrected chi connectivity index (χ2v) is 5.07. The minimum absolute atomic E-state index is 0.00307. The smallest absolute Gasteiger partial charge is 0.293 e. The molecule has 6 nitrogen and oxygen atoms in total. The topological polar surface area (TPSA) is 88.0 Å². The van der Waals surface area contributed by atoms with Crippen molar-refractivity contribution in [1.29, 1.82) is 0 Å². The molecule has 3 rings (SSSR count). The Balaban J connectivity index is 2.02. The highest BCUT2D eigenvalue weighted by atomic mass is 16.6. The summed E-state index contributed by atoms with van der Waals surface area (Å²) in [5.41, 5.74) is 0.977. The van der Waals surface area contributed by atoms with Crippen LogP contribution >= 0.6 is 0 Å². The molecule has 1 aromatic heterocycles. The first-order chi connectivity index (χ1) is 9.68. The quantitative estimate of drug-likeness (QED) is 0.510. The summed E-state index contributed by atoms with van der Waals surface area (Å²) < 4.78 is 0. The number of piperidine rings is 1. The number of benzene rings is 1. The lowest BCUT2D eigenvalue weighted by Gasteiger charge is -2.21. The zero-order valence-electron chi connectivity index (χ0n) is 10.9. The average Bonchev–Trinajstić information content (AvgIpc) is 2.91. The minimum atomic E-state index is -0.435. The van der Waals surface area contributed by atoms with Gasteiger partial charge in [-0.05, 0) is 19.4 Å². The van der Waals surface area contributed by atoms with Crippen molar-refractivity contribution in [1.82, 2.24) is 10.3 Å². The molecule has 0 bridgehead atoms. The largest absolute Gasteiger partial charge is 0.355 e. The predicted molar refractivity (Wildman–Crippen MR) is 74.9 cm³/mol. The Hall–Kier alpha value is -2.21. The van der Waals surface area contributed by atoms with Crippen molar-refractivity contribution in [2.45, 2.75) is 12.8 Å². The van der Waals surface area contributed by atoms with E-state index < -0.39 is 4.92 Å². The van der Waals surface area contributed by atoms with Gasteiger partial charge in [0.15, 0.2) is 5.78 Å². The number of H-pyrrole nitrogens is 1. The van der Waals surface area contributed by atoms with E-state index >= 15 is 0 Å². The lowest BCUT2D eigenvalue weighted by atomic mass is 9.91. The number of aromatic amines is 1. The standard InChI is InChI=1S/C14H15N3O3/c18-14(9-3-2-6-15-7-9)11-8-16-13-10(11)4-1-5-12(13)17(19)20/h1,4-5,8-9,15-16H,2-3,6-7H2. The third kappa shape index (κ3) is 2.08. The number of fused-ring (bicyclic) bond motifs is 1. The fourth-order valence-corrected chi connectivity index (χ4v) is 2.79. The van der Waals surface area contributed by atoms with Crippen LogP contribution in [0.25, 0.3) is 10.9 Å². The summed E-state index contributed by atoms with van der Waals surface area (Å²) in [4.78, 5) is 26.0. The van der Waals surface area contributed by atoms with E-state index in [9.17, 15) is 14.9 Å². The van der Waals surface area contributed by atoms with Crippen LogP contribution < -0.4 is 5.32 Å². The maximum atomic E-state index is 12.5. The Morgan fingerprint density at radius 3 is 2.95 bits per heavy atom. The molecule has 1 aliphatic rings. The molecule has 2 N–H and O–H groups in total. The summed E-state index contributed by atoms with van der Waals surface area (Å²) in [5.74, 6) is 0.0194. The molecule has 0 radical (unpaired) electrons. The maximum Gasteiger partial charge on any atom is 0.293 e. The van der Waals surface area contributed by atoms with Crippen LogP contribution in [0.15, 0.2) is 24.4 Å². The molecule has 0 amide bonds. The van der Waals surface area contributed by atoms with Gasteiger partial charge in [0.05, 0.1) is 4.92 Å². The Morgan fingerprint density at radius 1 is 1.40 bits per heavy atom. The summed E-state index contributed by atoms with van der Waals surface area (Å²) in [6.07, 6.45) is 3.45. The second kappa shape index (κ2) is 5.05. The molecule has 0 aliphatic carbocycles. The van der Waals surface area contributed by atoms with Gasteiger partial charge in [0.25, 0.3) is 5.69 Å². The number of nitro groups is 1. The summed E-state index contributed by atoms with van der Waals surface area (Å²) in [5, 5.41) is 14.8. The number of carbonyl (C=O) groups is 1. The van der Waals surface area contributed by atoms with Gasteiger partial charge >= 0.3 is 0 Å². The Bertz CT molecular complexity index is 671. The molecule has 1 atom stereocenters. The first-order valence-corrected chi connectivity index (χ1v) is 6.68. The first kappa shape index (κ1) is 12.8. The first-order valence-electron chi connectivity index (χ1n) is 6.68. The van der Waals surface area contributed by atoms with Crippen molar-refractivity contribution in [3.63, 3.8) is 0 Å². The third-order valence-electron chi connectivity index (χ3n) is 3.82. The lowest BCUT2D eigenvalue weighted by molar-refractivity contribution is -0.383. The molecule has 1 unspecified atom stereocenters. The van der Waals surface area contributed by atoms with Crippen LogP contribution in [0.2, 0.25) is 0 Å². The Kier molecular flexibility index (Phi) is 3.23. The number of hydrogen-bond donors (Lipinski definition) is 2. The van der Waals surface area contributed by atoms with E-state index in [1.54, 1.807) is 18.3 Å². The van der Waals surface area contributed by atoms with Crippen molar-refractivity contribution in [3.05, 3.63) is 40.1 Å². The van der Waals surface area contributed by atoms with E-state index in [0.29, 0.717) is 23.0 Å². The lowest BCUT2D eigenvalue weighted by Crippen LogP contribution is -2.34. The van der Waals surface area contributed by atoms with Crippen LogP contribution in [-0.2, 0) is 0 Å². The maximum absolute atomic E-state index is 12.5. The summed E-state index contributed by atoms with van der Waals surface area (Å²) in [6, 6.07) is 4.81. The van der Waals surface area contributed by atoms with E-state index in [2.05, 4.69) is 10.3 Å². The Labute approximate surface area is 115 Å². The number of aromatic nitrogens is 1. The van der Waals surface area contributed by atoms with Gasteiger partial charge in [0.2, 0.25) is 0 Å². The Morgan fingerprint density at radius 2 is 2.25 bits per heavy atom. The molecular weight excluding hydrogens is 258 g/mol. The zero-order chi connectivity index (χ0) is 14.1. The normalized spacial score (nSPS) is 19.1. The van der Waals surface area contributed by atoms with E-state index in [1.807, 2.05) is 0 Å². The SMILES string of the molecule is O=C(c1c[nH]c2c([N+](=O)[O-])cccc12)C1CCCNC1. The molecule has 1 saturated heterocycles. The van der Waals surface area contributed by atoms with Gasteiger partial charge in [0.1, 0.15) is 5.52 Å². The van der Waals surface area contributed by atoms with Crippen LogP contribution in [0, 0.1) is 16.0 Å². The van der Waals surface area contributed by atoms with E-state index in [4.69, 9.17) is 0 Å². The molecule has 0 saturated carbocycles. The van der Waals surface area contributed by atoms with Crippen LogP contribution in [0.4, 0.5) is 5.69 Å². The van der Waals surface area contributed by atoms with Crippen molar-refractivity contribution in [2.75, 3.05) is 13.1 Å². The van der Waals surface area contributed by atoms with Crippen LogP contribution in [0.5, 0.6) is 0 Å². The van der Waals surface area contributed by atoms with Gasteiger partial charge in [-0.2, -0.15) is 0 Å². The zero-order valence-corrected chi connectivity index (χ0v) is 10.9. The number of para-hydroxylation sites is 1. The number of nitro benzene ring substituents is 1. The number of nitrogens with zero attached hydrogens (tertiary/aromatic N) is 1. The summed E-state index contributed by atoms with van der Waals surface area (Å²) in [7, 11) is 0. The van der Waals surface area contributed by atoms with E-state index in [-0.39, 0.29) is 17.4 Å². The molecule has 2 aromatic rings. The van der Waals surface area contributed by atoms with Crippen LogP contribution in [0.1, 0.15) is 23.2 Å².